The van der Waals surface area contributed by atoms with Gasteiger partial charge in [-0.05, 0) is 31.2 Å². The van der Waals surface area contributed by atoms with Crippen molar-refractivity contribution in [1.29, 1.82) is 0 Å². The predicted octanol–water partition coefficient (Wildman–Crippen LogP) is 1.95. The molecule has 0 aliphatic heterocycles. The van der Waals surface area contributed by atoms with Gasteiger partial charge in [0.05, 0.1) is 11.4 Å². The molecular formula is C15H13N3O3. The first-order chi connectivity index (χ1) is 10.1. The molecule has 2 heterocycles. The first kappa shape index (κ1) is 13.0. The zero-order valence-corrected chi connectivity index (χ0v) is 11.2. The van der Waals surface area contributed by atoms with Gasteiger partial charge in [0.2, 0.25) is 0 Å². The monoisotopic (exact) mass is 283 g/mol. The highest BCUT2D eigenvalue weighted by atomic mass is 16.3. The highest BCUT2D eigenvalue weighted by Gasteiger charge is 2.14. The molecule has 0 saturated heterocycles. The number of aromatic amines is 1. The summed E-state index contributed by atoms with van der Waals surface area (Å²) < 4.78 is 1.32. The van der Waals surface area contributed by atoms with E-state index in [1.807, 2.05) is 6.07 Å². The summed E-state index contributed by atoms with van der Waals surface area (Å²) in [5, 5.41) is 21.9. The second-order valence-corrected chi connectivity index (χ2v) is 4.67. The van der Waals surface area contributed by atoms with Gasteiger partial charge in [-0.25, -0.2) is 4.68 Å². The number of pyridine rings is 1. The van der Waals surface area contributed by atoms with E-state index in [-0.39, 0.29) is 17.1 Å². The fraction of sp³-hybridized carbons (Fsp3) is 0.0667. The van der Waals surface area contributed by atoms with Crippen LogP contribution >= 0.6 is 0 Å². The van der Waals surface area contributed by atoms with Gasteiger partial charge < -0.3 is 10.2 Å². The van der Waals surface area contributed by atoms with Gasteiger partial charge in [-0.15, -0.1) is 0 Å². The van der Waals surface area contributed by atoms with E-state index in [9.17, 15) is 15.0 Å². The minimum absolute atomic E-state index is 0.223. The molecule has 0 spiro atoms. The number of H-pyrrole nitrogens is 1. The second kappa shape index (κ2) is 4.82. The Bertz CT molecular complexity index is 850. The number of nitrogens with one attached hydrogen (secondary N) is 1. The number of aromatic nitrogens is 3. The minimum atomic E-state index is -0.283. The summed E-state index contributed by atoms with van der Waals surface area (Å²) in [4.78, 5) is 16.4. The van der Waals surface area contributed by atoms with Crippen molar-refractivity contribution < 1.29 is 10.2 Å². The van der Waals surface area contributed by atoms with Gasteiger partial charge >= 0.3 is 0 Å². The van der Waals surface area contributed by atoms with E-state index in [1.54, 1.807) is 31.5 Å². The Morgan fingerprint density at radius 1 is 1.19 bits per heavy atom. The fourth-order valence-electron chi connectivity index (χ4n) is 2.15. The van der Waals surface area contributed by atoms with E-state index in [1.165, 1.54) is 16.8 Å². The van der Waals surface area contributed by atoms with Crippen LogP contribution in [-0.4, -0.2) is 25.0 Å². The van der Waals surface area contributed by atoms with Gasteiger partial charge in [-0.2, -0.15) is 0 Å². The molecule has 6 nitrogen and oxygen atoms in total. The van der Waals surface area contributed by atoms with E-state index >= 15 is 0 Å². The number of hydrogen-bond donors (Lipinski definition) is 3. The van der Waals surface area contributed by atoms with Crippen molar-refractivity contribution >= 4 is 0 Å². The Balaban J connectivity index is 2.17. The zero-order valence-electron chi connectivity index (χ0n) is 11.2. The molecule has 21 heavy (non-hydrogen) atoms. The molecule has 6 heteroatoms. The Morgan fingerprint density at radius 3 is 2.67 bits per heavy atom. The molecule has 3 rings (SSSR count). The quantitative estimate of drug-likeness (QED) is 0.627. The van der Waals surface area contributed by atoms with Gasteiger partial charge in [-0.3, -0.25) is 14.9 Å². The van der Waals surface area contributed by atoms with Crippen LogP contribution < -0.4 is 5.56 Å². The molecule has 106 valence electrons. The van der Waals surface area contributed by atoms with Crippen molar-refractivity contribution in [1.82, 2.24) is 14.8 Å². The van der Waals surface area contributed by atoms with Crippen LogP contribution in [0.5, 0.6) is 11.5 Å². The summed E-state index contributed by atoms with van der Waals surface area (Å²) in [5.74, 6) is -0.517. The lowest BCUT2D eigenvalue weighted by molar-refractivity contribution is 0.403. The lowest BCUT2D eigenvalue weighted by Crippen LogP contribution is -2.15. The Labute approximate surface area is 119 Å². The predicted molar refractivity (Wildman–Crippen MR) is 77.7 cm³/mol. The molecule has 2 aromatic heterocycles. The van der Waals surface area contributed by atoms with Crippen LogP contribution in [-0.2, 0) is 0 Å². The summed E-state index contributed by atoms with van der Waals surface area (Å²) in [6, 6.07) is 7.83. The summed E-state index contributed by atoms with van der Waals surface area (Å²) in [5.41, 5.74) is 2.23. The zero-order chi connectivity index (χ0) is 15.0. The number of benzene rings is 1. The molecule has 0 fully saturated rings. The van der Waals surface area contributed by atoms with Gasteiger partial charge in [0.25, 0.3) is 5.56 Å². The Hall–Kier alpha value is -3.02. The topological polar surface area (TPSA) is 91.1 Å². The van der Waals surface area contributed by atoms with Crippen LogP contribution in [0.4, 0.5) is 0 Å². The average Bonchev–Trinajstić information content (AvgIpc) is 2.79. The number of phenolic OH excluding ortho intramolecular Hbond substituents is 2. The largest absolute Gasteiger partial charge is 0.504 e. The lowest BCUT2D eigenvalue weighted by Gasteiger charge is -2.04. The normalized spacial score (nSPS) is 10.7. The van der Waals surface area contributed by atoms with Crippen molar-refractivity contribution in [2.45, 2.75) is 6.92 Å². The van der Waals surface area contributed by atoms with Crippen molar-refractivity contribution in [3.8, 4) is 28.4 Å². The molecule has 3 aromatic rings. The van der Waals surface area contributed by atoms with Gasteiger partial charge in [0, 0.05) is 29.6 Å². The first-order valence-electron chi connectivity index (χ1n) is 6.32. The number of phenols is 2. The van der Waals surface area contributed by atoms with Gasteiger partial charge in [0.15, 0.2) is 11.5 Å². The van der Waals surface area contributed by atoms with Crippen molar-refractivity contribution in [2.24, 2.45) is 0 Å². The molecule has 1 aromatic carbocycles. The third-order valence-electron chi connectivity index (χ3n) is 3.29. The number of hydrogen-bond acceptors (Lipinski definition) is 4. The molecule has 0 radical (unpaired) electrons. The van der Waals surface area contributed by atoms with Crippen molar-refractivity contribution in [3.05, 3.63) is 58.6 Å². The number of rotatable bonds is 2. The molecule has 0 unspecified atom stereocenters. The van der Waals surface area contributed by atoms with E-state index < -0.39 is 0 Å². The SMILES string of the molecule is Cc1c(-c2cccnc2)[nH]n(-c2ccc(O)c(O)c2)c1=O. The second-order valence-electron chi connectivity index (χ2n) is 4.67. The average molecular weight is 283 g/mol. The molecule has 0 bridgehead atoms. The lowest BCUT2D eigenvalue weighted by atomic mass is 10.1. The van der Waals surface area contributed by atoms with E-state index in [4.69, 9.17) is 0 Å². The highest BCUT2D eigenvalue weighted by Crippen LogP contribution is 2.27. The van der Waals surface area contributed by atoms with Crippen molar-refractivity contribution in [3.63, 3.8) is 0 Å². The van der Waals surface area contributed by atoms with E-state index in [0.29, 0.717) is 16.9 Å². The van der Waals surface area contributed by atoms with Crippen LogP contribution in [0.1, 0.15) is 5.56 Å². The molecule has 0 aliphatic carbocycles. The van der Waals surface area contributed by atoms with Crippen LogP contribution in [0.2, 0.25) is 0 Å². The summed E-state index contributed by atoms with van der Waals surface area (Å²) in [6.07, 6.45) is 3.32. The van der Waals surface area contributed by atoms with Crippen LogP contribution in [0.15, 0.2) is 47.5 Å². The smallest absolute Gasteiger partial charge is 0.274 e. The standard InChI is InChI=1S/C15H13N3O3/c1-9-14(10-3-2-6-16-8-10)17-18(15(9)21)11-4-5-12(19)13(20)7-11/h2-8,17,19-20H,1H3. The maximum atomic E-state index is 12.3. The maximum absolute atomic E-state index is 12.3. The van der Waals surface area contributed by atoms with E-state index in [0.717, 1.165) is 5.56 Å². The van der Waals surface area contributed by atoms with Gasteiger partial charge in [-0.1, -0.05) is 0 Å². The Kier molecular flexibility index (Phi) is 2.98. The number of aromatic hydroxyl groups is 2. The van der Waals surface area contributed by atoms with Gasteiger partial charge in [0.1, 0.15) is 0 Å². The van der Waals surface area contributed by atoms with Crippen LogP contribution in [0.25, 0.3) is 16.9 Å². The van der Waals surface area contributed by atoms with Crippen LogP contribution in [0, 0.1) is 6.92 Å². The third-order valence-corrected chi connectivity index (χ3v) is 3.29. The first-order valence-corrected chi connectivity index (χ1v) is 6.32. The summed E-state index contributed by atoms with van der Waals surface area (Å²) in [7, 11) is 0. The molecule has 0 amide bonds. The maximum Gasteiger partial charge on any atom is 0.274 e. The summed E-state index contributed by atoms with van der Waals surface area (Å²) >= 11 is 0. The van der Waals surface area contributed by atoms with Crippen molar-refractivity contribution in [2.75, 3.05) is 0 Å². The van der Waals surface area contributed by atoms with E-state index in [2.05, 4.69) is 10.1 Å². The third kappa shape index (κ3) is 2.16. The fourth-order valence-corrected chi connectivity index (χ4v) is 2.15. The highest BCUT2D eigenvalue weighted by molar-refractivity contribution is 5.62. The Morgan fingerprint density at radius 2 is 2.00 bits per heavy atom. The minimum Gasteiger partial charge on any atom is -0.504 e. The molecule has 0 atom stereocenters. The van der Waals surface area contributed by atoms with Crippen LogP contribution in [0.3, 0.4) is 0 Å². The molecule has 3 N–H and O–H groups in total. The summed E-state index contributed by atoms with van der Waals surface area (Å²) in [6.45, 7) is 1.72. The molecule has 0 saturated carbocycles. The molecular weight excluding hydrogens is 270 g/mol. The molecule has 0 aliphatic rings. The number of nitrogens with zero attached hydrogens (tertiary/aromatic N) is 2.